The largest absolute Gasteiger partial charge is 0.465 e. The predicted octanol–water partition coefficient (Wildman–Crippen LogP) is 6.23. The van der Waals surface area contributed by atoms with E-state index in [4.69, 9.17) is 4.74 Å². The zero-order valence-electron chi connectivity index (χ0n) is 19.9. The van der Waals surface area contributed by atoms with Crippen molar-refractivity contribution in [2.75, 3.05) is 13.7 Å². The topological polar surface area (TPSA) is 29.5 Å². The standard InChI is InChI=1S/C26H45NO2/c1-19-7-9-20(10-8-19)11-12-21-13-15-22(16-14-21)18-29-24(28)23-17-25(2,3)27(6)26(23,4)5/h11-12,19-23H,7-10,13-18H2,1-6H3/b12-11+. The van der Waals surface area contributed by atoms with Gasteiger partial charge in [-0.25, -0.2) is 0 Å². The van der Waals surface area contributed by atoms with Crippen molar-refractivity contribution in [2.24, 2.45) is 29.6 Å². The molecule has 1 heterocycles. The summed E-state index contributed by atoms with van der Waals surface area (Å²) in [5, 5.41) is 0. The Hall–Kier alpha value is -0.830. The summed E-state index contributed by atoms with van der Waals surface area (Å²) in [6.45, 7) is 11.8. The van der Waals surface area contributed by atoms with Gasteiger partial charge in [-0.2, -0.15) is 0 Å². The first-order valence-electron chi connectivity index (χ1n) is 12.2. The molecule has 0 aromatic rings. The summed E-state index contributed by atoms with van der Waals surface area (Å²) in [7, 11) is 2.13. The van der Waals surface area contributed by atoms with Crippen LogP contribution in [0.2, 0.25) is 0 Å². The summed E-state index contributed by atoms with van der Waals surface area (Å²) < 4.78 is 5.86. The van der Waals surface area contributed by atoms with Crippen molar-refractivity contribution in [1.82, 2.24) is 4.90 Å². The van der Waals surface area contributed by atoms with Crippen LogP contribution in [0.3, 0.4) is 0 Å². The molecule has 1 atom stereocenters. The normalized spacial score (nSPS) is 37.7. The third kappa shape index (κ3) is 5.46. The molecule has 29 heavy (non-hydrogen) atoms. The molecule has 0 radical (unpaired) electrons. The minimum atomic E-state index is -0.139. The lowest BCUT2D eigenvalue weighted by molar-refractivity contribution is -0.152. The molecule has 0 bridgehead atoms. The first kappa shape index (κ1) is 22.8. The maximum Gasteiger partial charge on any atom is 0.310 e. The van der Waals surface area contributed by atoms with Crippen molar-refractivity contribution < 1.29 is 9.53 Å². The molecule has 0 aromatic carbocycles. The fourth-order valence-corrected chi connectivity index (χ4v) is 5.91. The molecule has 3 heteroatoms. The van der Waals surface area contributed by atoms with Crippen LogP contribution in [0.1, 0.15) is 92.4 Å². The molecule has 1 saturated heterocycles. The van der Waals surface area contributed by atoms with Gasteiger partial charge in [0.15, 0.2) is 0 Å². The lowest BCUT2D eigenvalue weighted by atomic mass is 9.79. The minimum Gasteiger partial charge on any atom is -0.465 e. The third-order valence-corrected chi connectivity index (χ3v) is 8.68. The molecule has 0 amide bonds. The Morgan fingerprint density at radius 2 is 1.45 bits per heavy atom. The number of esters is 1. The number of carbonyl (C=O) groups is 1. The number of allylic oxidation sites excluding steroid dienone is 2. The lowest BCUT2D eigenvalue weighted by Crippen LogP contribution is -2.48. The fourth-order valence-electron chi connectivity index (χ4n) is 5.91. The number of rotatable bonds is 5. The lowest BCUT2D eigenvalue weighted by Gasteiger charge is -2.38. The van der Waals surface area contributed by atoms with E-state index >= 15 is 0 Å². The van der Waals surface area contributed by atoms with Crippen LogP contribution in [0.4, 0.5) is 0 Å². The molecule has 0 aromatic heterocycles. The summed E-state index contributed by atoms with van der Waals surface area (Å²) in [6.07, 6.45) is 16.4. The molecule has 2 aliphatic carbocycles. The van der Waals surface area contributed by atoms with Gasteiger partial charge < -0.3 is 4.74 Å². The van der Waals surface area contributed by atoms with Crippen LogP contribution < -0.4 is 0 Å². The summed E-state index contributed by atoms with van der Waals surface area (Å²) >= 11 is 0. The van der Waals surface area contributed by atoms with Crippen LogP contribution >= 0.6 is 0 Å². The number of ether oxygens (including phenoxy) is 1. The first-order valence-corrected chi connectivity index (χ1v) is 12.2. The summed E-state index contributed by atoms with van der Waals surface area (Å²) in [6, 6.07) is 0. The summed E-state index contributed by atoms with van der Waals surface area (Å²) in [4.78, 5) is 15.2. The molecule has 2 saturated carbocycles. The van der Waals surface area contributed by atoms with Gasteiger partial charge in [-0.1, -0.05) is 31.9 Å². The van der Waals surface area contributed by atoms with Crippen molar-refractivity contribution in [3.05, 3.63) is 12.2 Å². The monoisotopic (exact) mass is 403 g/mol. The second kappa shape index (κ2) is 9.12. The number of hydrogen-bond acceptors (Lipinski definition) is 3. The Balaban J connectivity index is 1.39. The van der Waals surface area contributed by atoms with Gasteiger partial charge in [-0.3, -0.25) is 9.69 Å². The van der Waals surface area contributed by atoms with E-state index in [-0.39, 0.29) is 23.0 Å². The smallest absolute Gasteiger partial charge is 0.310 e. The number of hydrogen-bond donors (Lipinski definition) is 0. The van der Waals surface area contributed by atoms with E-state index in [2.05, 4.69) is 58.7 Å². The van der Waals surface area contributed by atoms with Crippen molar-refractivity contribution in [3.63, 3.8) is 0 Å². The average molecular weight is 404 g/mol. The van der Waals surface area contributed by atoms with E-state index in [1.54, 1.807) is 0 Å². The van der Waals surface area contributed by atoms with Crippen LogP contribution in [0.25, 0.3) is 0 Å². The van der Waals surface area contributed by atoms with Gasteiger partial charge in [0.25, 0.3) is 0 Å². The predicted molar refractivity (Wildman–Crippen MR) is 121 cm³/mol. The minimum absolute atomic E-state index is 0.0148. The Morgan fingerprint density at radius 1 is 0.931 bits per heavy atom. The average Bonchev–Trinajstić information content (AvgIpc) is 2.86. The van der Waals surface area contributed by atoms with Crippen LogP contribution in [0.15, 0.2) is 12.2 Å². The van der Waals surface area contributed by atoms with E-state index in [0.29, 0.717) is 12.5 Å². The van der Waals surface area contributed by atoms with Gasteiger partial charge >= 0.3 is 5.97 Å². The highest BCUT2D eigenvalue weighted by Gasteiger charge is 2.53. The van der Waals surface area contributed by atoms with Crippen LogP contribution in [0, 0.1) is 29.6 Å². The van der Waals surface area contributed by atoms with Crippen LogP contribution in [-0.4, -0.2) is 35.6 Å². The number of carbonyl (C=O) groups excluding carboxylic acids is 1. The molecule has 1 unspecified atom stereocenters. The Bertz CT molecular complexity index is 578. The maximum atomic E-state index is 12.8. The Kier molecular flexibility index (Phi) is 7.18. The van der Waals surface area contributed by atoms with Gasteiger partial charge in [0.05, 0.1) is 12.5 Å². The zero-order valence-corrected chi connectivity index (χ0v) is 19.9. The Morgan fingerprint density at radius 3 is 1.93 bits per heavy atom. The molecular weight excluding hydrogens is 358 g/mol. The van der Waals surface area contributed by atoms with Gasteiger partial charge in [0, 0.05) is 11.1 Å². The summed E-state index contributed by atoms with van der Waals surface area (Å²) in [5.74, 6) is 3.03. The highest BCUT2D eigenvalue weighted by molar-refractivity contribution is 5.74. The van der Waals surface area contributed by atoms with Crippen LogP contribution in [0.5, 0.6) is 0 Å². The quantitative estimate of drug-likeness (QED) is 0.403. The van der Waals surface area contributed by atoms with Crippen molar-refractivity contribution in [2.45, 2.75) is 103 Å². The molecule has 3 fully saturated rings. The molecule has 0 spiro atoms. The highest BCUT2D eigenvalue weighted by atomic mass is 16.5. The second-order valence-corrected chi connectivity index (χ2v) is 11.6. The molecule has 3 rings (SSSR count). The van der Waals surface area contributed by atoms with E-state index in [9.17, 15) is 4.79 Å². The van der Waals surface area contributed by atoms with Gasteiger partial charge in [0.2, 0.25) is 0 Å². The van der Waals surface area contributed by atoms with Crippen LogP contribution in [-0.2, 0) is 9.53 Å². The van der Waals surface area contributed by atoms with Crippen molar-refractivity contribution in [3.8, 4) is 0 Å². The number of likely N-dealkylation sites (tertiary alicyclic amines) is 1. The summed E-state index contributed by atoms with van der Waals surface area (Å²) in [5.41, 5.74) is -0.0894. The SMILES string of the molecule is CC1CCC(/C=C/C2CCC(COC(=O)C3CC(C)(C)N(C)C3(C)C)CC2)CC1. The van der Waals surface area contributed by atoms with Gasteiger partial charge in [0.1, 0.15) is 0 Å². The maximum absolute atomic E-state index is 12.8. The van der Waals surface area contributed by atoms with Crippen molar-refractivity contribution >= 4 is 5.97 Å². The second-order valence-electron chi connectivity index (χ2n) is 11.6. The highest BCUT2D eigenvalue weighted by Crippen LogP contribution is 2.44. The molecule has 3 nitrogen and oxygen atoms in total. The fraction of sp³-hybridized carbons (Fsp3) is 0.885. The Labute approximate surface area is 179 Å². The molecule has 0 N–H and O–H groups in total. The van der Waals surface area contributed by atoms with E-state index < -0.39 is 0 Å². The van der Waals surface area contributed by atoms with Crippen molar-refractivity contribution in [1.29, 1.82) is 0 Å². The molecular formula is C26H45NO2. The zero-order chi connectivity index (χ0) is 21.2. The third-order valence-electron chi connectivity index (χ3n) is 8.68. The van der Waals surface area contributed by atoms with Gasteiger partial charge in [-0.15, -0.1) is 0 Å². The number of nitrogens with zero attached hydrogens (tertiary/aromatic N) is 1. The molecule has 3 aliphatic rings. The van der Waals surface area contributed by atoms with E-state index in [1.807, 2.05) is 0 Å². The first-order chi connectivity index (χ1) is 13.6. The molecule has 1 aliphatic heterocycles. The van der Waals surface area contributed by atoms with Gasteiger partial charge in [-0.05, 0) is 103 Å². The molecule has 166 valence electrons. The van der Waals surface area contributed by atoms with E-state index in [0.717, 1.165) is 24.2 Å². The van der Waals surface area contributed by atoms with E-state index in [1.165, 1.54) is 51.4 Å².